The van der Waals surface area contributed by atoms with E-state index in [1.165, 1.54) is 17.7 Å². The van der Waals surface area contributed by atoms with Crippen LogP contribution in [0.25, 0.3) is 11.1 Å². The lowest BCUT2D eigenvalue weighted by atomic mass is 10.0. The third kappa shape index (κ3) is 3.73. The molecule has 1 aliphatic rings. The molecule has 0 radical (unpaired) electrons. The van der Waals surface area contributed by atoms with E-state index in [1.54, 1.807) is 12.1 Å². The van der Waals surface area contributed by atoms with E-state index in [4.69, 9.17) is 5.73 Å². The first-order chi connectivity index (χ1) is 15.6. The highest BCUT2D eigenvalue weighted by Gasteiger charge is 2.30. The average molecular weight is 432 g/mol. The summed E-state index contributed by atoms with van der Waals surface area (Å²) in [6.45, 7) is 3.33. The number of H-pyrrole nitrogens is 1. The van der Waals surface area contributed by atoms with Crippen LogP contribution < -0.4 is 10.6 Å². The van der Waals surface area contributed by atoms with Crippen molar-refractivity contribution in [3.05, 3.63) is 84.2 Å². The van der Waals surface area contributed by atoms with Crippen LogP contribution >= 0.6 is 0 Å². The summed E-state index contributed by atoms with van der Waals surface area (Å²) in [5.41, 5.74) is 9.07. The van der Waals surface area contributed by atoms with Gasteiger partial charge >= 0.3 is 0 Å². The minimum Gasteiger partial charge on any atom is -0.382 e. The molecule has 5 rings (SSSR count). The minimum atomic E-state index is -0.271. The Morgan fingerprint density at radius 3 is 2.38 bits per heavy atom. The summed E-state index contributed by atoms with van der Waals surface area (Å²) in [6.07, 6.45) is 3.84. The zero-order valence-electron chi connectivity index (χ0n) is 17.9. The maximum atomic E-state index is 13.4. The van der Waals surface area contributed by atoms with Crippen LogP contribution in [0.1, 0.15) is 17.4 Å². The first kappa shape index (κ1) is 20.3. The van der Waals surface area contributed by atoms with Gasteiger partial charge in [-0.25, -0.2) is 9.37 Å². The molecule has 0 aliphatic carbocycles. The van der Waals surface area contributed by atoms with Crippen molar-refractivity contribution < 1.29 is 4.39 Å². The Labute approximate surface area is 186 Å². The first-order valence-electron chi connectivity index (χ1n) is 10.7. The molecule has 7 nitrogen and oxygen atoms in total. The number of nitrogens with one attached hydrogen (secondary N) is 1. The zero-order valence-corrected chi connectivity index (χ0v) is 17.9. The zero-order chi connectivity index (χ0) is 22.1. The van der Waals surface area contributed by atoms with Gasteiger partial charge in [-0.1, -0.05) is 42.5 Å². The molecular weight excluding hydrogens is 405 g/mol. The maximum absolute atomic E-state index is 13.4. The number of hydrogen-bond acceptors (Lipinski definition) is 5. The van der Waals surface area contributed by atoms with Crippen molar-refractivity contribution in [2.75, 3.05) is 36.8 Å². The number of benzene rings is 2. The Hall–Kier alpha value is -3.65. The molecule has 164 valence electrons. The molecule has 8 heteroatoms. The Morgan fingerprint density at radius 1 is 1.00 bits per heavy atom. The fourth-order valence-electron chi connectivity index (χ4n) is 4.48. The smallest absolute Gasteiger partial charge is 0.155 e. The largest absolute Gasteiger partial charge is 0.382 e. The summed E-state index contributed by atoms with van der Waals surface area (Å²) < 4.78 is 15.5. The number of nitrogens with two attached hydrogens (primary N) is 1. The Balaban J connectivity index is 1.39. The van der Waals surface area contributed by atoms with E-state index in [2.05, 4.69) is 53.8 Å². The number of aromatic nitrogens is 4. The molecule has 3 heterocycles. The molecule has 2 aromatic carbocycles. The summed E-state index contributed by atoms with van der Waals surface area (Å²) >= 11 is 0. The van der Waals surface area contributed by atoms with Crippen LogP contribution in [-0.4, -0.2) is 50.8 Å². The summed E-state index contributed by atoms with van der Waals surface area (Å²) in [7, 11) is 2.04. The fraction of sp³-hybridized carbons (Fsp3) is 0.250. The molecular formula is C24H26FN7. The molecule has 0 bridgehead atoms. The van der Waals surface area contributed by atoms with Gasteiger partial charge in [-0.15, -0.1) is 0 Å². The number of nitrogen functional groups attached to an aromatic ring is 1. The lowest BCUT2D eigenvalue weighted by molar-refractivity contribution is 0.203. The fourth-order valence-corrected chi connectivity index (χ4v) is 4.48. The van der Waals surface area contributed by atoms with Gasteiger partial charge in [0.15, 0.2) is 5.82 Å². The summed E-state index contributed by atoms with van der Waals surface area (Å²) in [6, 6.07) is 17.0. The van der Waals surface area contributed by atoms with Gasteiger partial charge in [0.05, 0.1) is 11.6 Å². The molecule has 32 heavy (non-hydrogen) atoms. The monoisotopic (exact) mass is 431 g/mol. The quantitative estimate of drug-likeness (QED) is 0.506. The van der Waals surface area contributed by atoms with Crippen LogP contribution in [-0.2, 0) is 7.05 Å². The molecule has 4 aromatic rings. The predicted octanol–water partition coefficient (Wildman–Crippen LogP) is 3.44. The van der Waals surface area contributed by atoms with E-state index in [1.807, 2.05) is 25.5 Å². The SMILES string of the molecule is Cn1ccnc1C(c1ccccc1)N1CCN(c2[nH]nc(N)c2-c2ccc(F)cc2)CC1. The lowest BCUT2D eigenvalue weighted by Crippen LogP contribution is -2.48. The standard InChI is InChI=1S/C24H26FN7/c1-30-12-11-27-24(30)21(18-5-3-2-4-6-18)31-13-15-32(16-14-31)23-20(22(26)28-29-23)17-7-9-19(25)10-8-17/h2-12,21H,13-16H2,1H3,(H3,26,28,29). The second-order valence-corrected chi connectivity index (χ2v) is 8.07. The van der Waals surface area contributed by atoms with Crippen LogP contribution in [0.5, 0.6) is 0 Å². The van der Waals surface area contributed by atoms with Crippen molar-refractivity contribution in [2.24, 2.45) is 7.05 Å². The Morgan fingerprint density at radius 2 is 1.72 bits per heavy atom. The Bertz CT molecular complexity index is 1170. The van der Waals surface area contributed by atoms with Crippen molar-refractivity contribution in [1.29, 1.82) is 0 Å². The van der Waals surface area contributed by atoms with Crippen LogP contribution in [0.2, 0.25) is 0 Å². The molecule has 0 saturated carbocycles. The number of anilines is 2. The van der Waals surface area contributed by atoms with Crippen molar-refractivity contribution in [3.63, 3.8) is 0 Å². The molecule has 1 fully saturated rings. The summed E-state index contributed by atoms with van der Waals surface area (Å²) in [5.74, 6) is 2.06. The molecule has 1 atom stereocenters. The molecule has 1 aliphatic heterocycles. The topological polar surface area (TPSA) is 79.0 Å². The van der Waals surface area contributed by atoms with Gasteiger partial charge in [-0.3, -0.25) is 10.00 Å². The van der Waals surface area contributed by atoms with Crippen LogP contribution in [0.4, 0.5) is 16.0 Å². The molecule has 0 amide bonds. The van der Waals surface area contributed by atoms with Gasteiger partial charge in [-0.05, 0) is 23.3 Å². The van der Waals surface area contributed by atoms with Crippen LogP contribution in [0, 0.1) is 5.82 Å². The van der Waals surface area contributed by atoms with Crippen molar-refractivity contribution in [1.82, 2.24) is 24.6 Å². The first-order valence-corrected chi connectivity index (χ1v) is 10.7. The molecule has 0 spiro atoms. The predicted molar refractivity (Wildman–Crippen MR) is 124 cm³/mol. The maximum Gasteiger partial charge on any atom is 0.155 e. The van der Waals surface area contributed by atoms with Crippen molar-refractivity contribution >= 4 is 11.6 Å². The number of imidazole rings is 1. The number of aryl methyl sites for hydroxylation is 1. The number of halogens is 1. The van der Waals surface area contributed by atoms with Crippen molar-refractivity contribution in [3.8, 4) is 11.1 Å². The van der Waals surface area contributed by atoms with Crippen molar-refractivity contribution in [2.45, 2.75) is 6.04 Å². The second kappa shape index (κ2) is 8.47. The summed E-state index contributed by atoms with van der Waals surface area (Å²) in [4.78, 5) is 9.38. The van der Waals surface area contributed by atoms with Gasteiger partial charge in [0.2, 0.25) is 0 Å². The normalized spacial score (nSPS) is 15.8. The van der Waals surface area contributed by atoms with E-state index < -0.39 is 0 Å². The van der Waals surface area contributed by atoms with Gasteiger partial charge in [0, 0.05) is 45.6 Å². The number of hydrogen-bond donors (Lipinski definition) is 2. The average Bonchev–Trinajstić information content (AvgIpc) is 3.41. The number of rotatable bonds is 5. The van der Waals surface area contributed by atoms with E-state index in [-0.39, 0.29) is 11.9 Å². The summed E-state index contributed by atoms with van der Waals surface area (Å²) in [5, 5.41) is 7.33. The van der Waals surface area contributed by atoms with E-state index >= 15 is 0 Å². The Kier molecular flexibility index (Phi) is 5.36. The third-order valence-corrected chi connectivity index (χ3v) is 6.12. The van der Waals surface area contributed by atoms with Gasteiger partial charge in [0.1, 0.15) is 17.5 Å². The van der Waals surface area contributed by atoms with Gasteiger partial charge < -0.3 is 15.2 Å². The number of piperazine rings is 1. The molecule has 1 saturated heterocycles. The molecule has 2 aromatic heterocycles. The van der Waals surface area contributed by atoms with Crippen LogP contribution in [0.15, 0.2) is 67.0 Å². The van der Waals surface area contributed by atoms with Crippen LogP contribution in [0.3, 0.4) is 0 Å². The molecule has 3 N–H and O–H groups in total. The number of aromatic amines is 1. The van der Waals surface area contributed by atoms with Gasteiger partial charge in [0.25, 0.3) is 0 Å². The third-order valence-electron chi connectivity index (χ3n) is 6.12. The highest BCUT2D eigenvalue weighted by atomic mass is 19.1. The molecule has 1 unspecified atom stereocenters. The van der Waals surface area contributed by atoms with E-state index in [9.17, 15) is 4.39 Å². The lowest BCUT2D eigenvalue weighted by Gasteiger charge is -2.39. The highest BCUT2D eigenvalue weighted by molar-refractivity contribution is 5.84. The highest BCUT2D eigenvalue weighted by Crippen LogP contribution is 2.35. The second-order valence-electron chi connectivity index (χ2n) is 8.07. The number of nitrogens with zero attached hydrogens (tertiary/aromatic N) is 5. The minimum absolute atomic E-state index is 0.0850. The van der Waals surface area contributed by atoms with E-state index in [0.717, 1.165) is 48.9 Å². The van der Waals surface area contributed by atoms with Gasteiger partial charge in [-0.2, -0.15) is 5.10 Å². The van der Waals surface area contributed by atoms with E-state index in [0.29, 0.717) is 5.82 Å².